The lowest BCUT2D eigenvalue weighted by Gasteiger charge is -2.05. The van der Waals surface area contributed by atoms with Crippen LogP contribution in [-0.4, -0.2) is 22.5 Å². The fourth-order valence-corrected chi connectivity index (χ4v) is 4.73. The Hall–Kier alpha value is -1.37. The molecule has 0 spiro atoms. The van der Waals surface area contributed by atoms with Crippen LogP contribution >= 0.6 is 34.4 Å². The molecule has 0 unspecified atom stereocenters. The Morgan fingerprint density at radius 3 is 2.79 bits per heavy atom. The first-order chi connectivity index (χ1) is 11.6. The van der Waals surface area contributed by atoms with Gasteiger partial charge >= 0.3 is 0 Å². The molecule has 1 amide bonds. The lowest BCUT2D eigenvalue weighted by Crippen LogP contribution is -2.18. The van der Waals surface area contributed by atoms with E-state index >= 15 is 0 Å². The molecule has 0 aliphatic carbocycles. The van der Waals surface area contributed by atoms with Gasteiger partial charge in [-0.05, 0) is 54.8 Å². The molecule has 0 aliphatic heterocycles. The molecule has 0 radical (unpaired) electrons. The third-order valence-electron chi connectivity index (χ3n) is 3.94. The van der Waals surface area contributed by atoms with Crippen LogP contribution in [0.4, 0.5) is 0 Å². The standard InChI is InChI=1S/C18H20N2OS3/c1-12-9-15-16(10-13(12)2)24-18(20(15)6-8-22-3)19-17(21)11-14-5-4-7-23-14/h4-5,7,9-10H,6,8,11H2,1-3H3. The van der Waals surface area contributed by atoms with Crippen molar-refractivity contribution < 1.29 is 4.79 Å². The van der Waals surface area contributed by atoms with Gasteiger partial charge < -0.3 is 4.57 Å². The lowest BCUT2D eigenvalue weighted by atomic mass is 10.1. The highest BCUT2D eigenvalue weighted by atomic mass is 32.2. The number of fused-ring (bicyclic) bond motifs is 1. The zero-order valence-corrected chi connectivity index (χ0v) is 16.5. The Bertz CT molecular complexity index is 920. The van der Waals surface area contributed by atoms with E-state index in [1.807, 2.05) is 17.5 Å². The fourth-order valence-electron chi connectivity index (χ4n) is 2.51. The van der Waals surface area contributed by atoms with Crippen molar-refractivity contribution in [3.8, 4) is 0 Å². The molecule has 24 heavy (non-hydrogen) atoms. The number of amides is 1. The van der Waals surface area contributed by atoms with Crippen LogP contribution in [0.15, 0.2) is 34.6 Å². The van der Waals surface area contributed by atoms with Crippen LogP contribution in [0.2, 0.25) is 0 Å². The maximum absolute atomic E-state index is 12.3. The third kappa shape index (κ3) is 3.82. The normalized spacial score (nSPS) is 12.2. The van der Waals surface area contributed by atoms with Crippen molar-refractivity contribution in [2.24, 2.45) is 4.99 Å². The van der Waals surface area contributed by atoms with Crippen molar-refractivity contribution in [2.45, 2.75) is 26.8 Å². The summed E-state index contributed by atoms with van der Waals surface area (Å²) >= 11 is 5.02. The molecule has 1 aromatic carbocycles. The Morgan fingerprint density at radius 2 is 2.08 bits per heavy atom. The van der Waals surface area contributed by atoms with Crippen molar-refractivity contribution in [1.82, 2.24) is 4.57 Å². The summed E-state index contributed by atoms with van der Waals surface area (Å²) in [7, 11) is 0. The number of hydrogen-bond donors (Lipinski definition) is 0. The van der Waals surface area contributed by atoms with Crippen molar-refractivity contribution in [3.05, 3.63) is 50.5 Å². The minimum absolute atomic E-state index is 0.0737. The number of nitrogens with zero attached hydrogens (tertiary/aromatic N) is 2. The average molecular weight is 377 g/mol. The Morgan fingerprint density at radius 1 is 1.29 bits per heavy atom. The molecule has 2 aromatic heterocycles. The number of carbonyl (C=O) groups is 1. The maximum atomic E-state index is 12.3. The van der Waals surface area contributed by atoms with Crippen molar-refractivity contribution in [2.75, 3.05) is 12.0 Å². The second-order valence-corrected chi connectivity index (χ2v) is 8.72. The predicted molar refractivity (Wildman–Crippen MR) is 106 cm³/mol. The van der Waals surface area contributed by atoms with Gasteiger partial charge in [0.15, 0.2) is 4.80 Å². The number of thioether (sulfide) groups is 1. The summed E-state index contributed by atoms with van der Waals surface area (Å²) in [6.07, 6.45) is 2.48. The Balaban J connectivity index is 2.04. The quantitative estimate of drug-likeness (QED) is 0.661. The molecule has 126 valence electrons. The van der Waals surface area contributed by atoms with E-state index in [-0.39, 0.29) is 5.91 Å². The van der Waals surface area contributed by atoms with Gasteiger partial charge in [0.2, 0.25) is 0 Å². The van der Waals surface area contributed by atoms with E-state index in [0.717, 1.165) is 22.0 Å². The molecular weight excluding hydrogens is 356 g/mol. The van der Waals surface area contributed by atoms with Gasteiger partial charge in [-0.1, -0.05) is 17.4 Å². The summed E-state index contributed by atoms with van der Waals surface area (Å²) in [5, 5.41) is 1.99. The molecule has 0 atom stereocenters. The minimum Gasteiger partial charge on any atom is -0.316 e. The summed E-state index contributed by atoms with van der Waals surface area (Å²) in [5.41, 5.74) is 3.73. The van der Waals surface area contributed by atoms with Crippen LogP contribution in [-0.2, 0) is 17.8 Å². The van der Waals surface area contributed by atoms with Gasteiger partial charge in [0.1, 0.15) is 0 Å². The molecule has 0 fully saturated rings. The first-order valence-corrected chi connectivity index (χ1v) is 10.9. The number of aromatic nitrogens is 1. The van der Waals surface area contributed by atoms with Gasteiger partial charge in [0, 0.05) is 17.2 Å². The zero-order chi connectivity index (χ0) is 17.1. The summed E-state index contributed by atoms with van der Waals surface area (Å²) < 4.78 is 3.39. The number of carbonyl (C=O) groups excluding carboxylic acids is 1. The highest BCUT2D eigenvalue weighted by Gasteiger charge is 2.10. The molecule has 6 heteroatoms. The minimum atomic E-state index is -0.0737. The molecular formula is C18H20N2OS3. The van der Waals surface area contributed by atoms with E-state index < -0.39 is 0 Å². The predicted octanol–water partition coefficient (Wildman–Crippen LogP) is 4.41. The van der Waals surface area contributed by atoms with E-state index in [4.69, 9.17) is 0 Å². The van der Waals surface area contributed by atoms with Gasteiger partial charge in [-0.15, -0.1) is 11.3 Å². The van der Waals surface area contributed by atoms with E-state index in [1.54, 1.807) is 34.4 Å². The topological polar surface area (TPSA) is 34.4 Å². The SMILES string of the molecule is CSCCn1c(=NC(=O)Cc2cccs2)sc2cc(C)c(C)cc21. The summed E-state index contributed by atoms with van der Waals surface area (Å²) in [5.74, 6) is 0.931. The van der Waals surface area contributed by atoms with Crippen LogP contribution in [0.1, 0.15) is 16.0 Å². The molecule has 0 N–H and O–H groups in total. The van der Waals surface area contributed by atoms with Crippen molar-refractivity contribution >= 4 is 50.6 Å². The Labute approximate surface area is 154 Å². The molecule has 0 bridgehead atoms. The number of thiophene rings is 1. The fraction of sp³-hybridized carbons (Fsp3) is 0.333. The second-order valence-electron chi connectivity index (χ2n) is 5.69. The molecule has 3 rings (SSSR count). The maximum Gasteiger partial charge on any atom is 0.253 e. The molecule has 3 aromatic rings. The van der Waals surface area contributed by atoms with Gasteiger partial charge in [-0.3, -0.25) is 4.79 Å². The lowest BCUT2D eigenvalue weighted by molar-refractivity contribution is -0.117. The molecule has 3 nitrogen and oxygen atoms in total. The van der Waals surface area contributed by atoms with Crippen LogP contribution in [0.25, 0.3) is 10.2 Å². The van der Waals surface area contributed by atoms with Crippen LogP contribution in [0.5, 0.6) is 0 Å². The summed E-state index contributed by atoms with van der Waals surface area (Å²) in [6.45, 7) is 5.12. The second kappa shape index (κ2) is 7.68. The molecule has 2 heterocycles. The number of benzene rings is 1. The monoisotopic (exact) mass is 376 g/mol. The van der Waals surface area contributed by atoms with E-state index in [1.165, 1.54) is 21.3 Å². The van der Waals surface area contributed by atoms with E-state index in [2.05, 4.69) is 41.8 Å². The van der Waals surface area contributed by atoms with Crippen LogP contribution in [0.3, 0.4) is 0 Å². The van der Waals surface area contributed by atoms with Crippen LogP contribution < -0.4 is 4.80 Å². The third-order valence-corrected chi connectivity index (χ3v) is 6.45. The number of rotatable bonds is 5. The molecule has 0 saturated carbocycles. The summed E-state index contributed by atoms with van der Waals surface area (Å²) in [4.78, 5) is 18.6. The molecule has 0 aliphatic rings. The first-order valence-electron chi connectivity index (χ1n) is 7.78. The summed E-state index contributed by atoms with van der Waals surface area (Å²) in [6, 6.07) is 8.37. The van der Waals surface area contributed by atoms with Gasteiger partial charge in [-0.2, -0.15) is 16.8 Å². The number of thiazole rings is 1. The van der Waals surface area contributed by atoms with E-state index in [9.17, 15) is 4.79 Å². The smallest absolute Gasteiger partial charge is 0.253 e. The van der Waals surface area contributed by atoms with Gasteiger partial charge in [-0.25, -0.2) is 0 Å². The molecule has 0 saturated heterocycles. The average Bonchev–Trinajstić information content (AvgIpc) is 3.14. The van der Waals surface area contributed by atoms with E-state index in [0.29, 0.717) is 6.42 Å². The first kappa shape index (κ1) is 17.5. The zero-order valence-electron chi connectivity index (χ0n) is 14.0. The van der Waals surface area contributed by atoms with Gasteiger partial charge in [0.05, 0.1) is 16.6 Å². The largest absolute Gasteiger partial charge is 0.316 e. The number of hydrogen-bond acceptors (Lipinski definition) is 4. The van der Waals surface area contributed by atoms with Crippen molar-refractivity contribution in [1.29, 1.82) is 0 Å². The van der Waals surface area contributed by atoms with Gasteiger partial charge in [0.25, 0.3) is 5.91 Å². The number of aryl methyl sites for hydroxylation is 3. The van der Waals surface area contributed by atoms with Crippen LogP contribution in [0, 0.1) is 13.8 Å². The highest BCUT2D eigenvalue weighted by Crippen LogP contribution is 2.22. The van der Waals surface area contributed by atoms with Crippen molar-refractivity contribution in [3.63, 3.8) is 0 Å². The highest BCUT2D eigenvalue weighted by molar-refractivity contribution is 7.98. The Kier molecular flexibility index (Phi) is 5.58.